The van der Waals surface area contributed by atoms with Crippen LogP contribution in [0.2, 0.25) is 0 Å². The Labute approximate surface area is 260 Å². The van der Waals surface area contributed by atoms with E-state index in [0.29, 0.717) is 11.3 Å². The van der Waals surface area contributed by atoms with Crippen LogP contribution in [-0.4, -0.2) is 18.7 Å². The van der Waals surface area contributed by atoms with E-state index in [4.69, 9.17) is 14.2 Å². The largest absolute Gasteiger partial charge is 0.494 e. The monoisotopic (exact) mass is 584 g/mol. The Morgan fingerprint density at radius 2 is 1.23 bits per heavy atom. The molecule has 0 aliphatic rings. The lowest BCUT2D eigenvalue weighted by atomic mass is 10.0. The molecule has 0 radical (unpaired) electrons. The lowest BCUT2D eigenvalue weighted by Crippen LogP contribution is -2.11. The van der Waals surface area contributed by atoms with Crippen LogP contribution in [0.3, 0.4) is 0 Å². The van der Waals surface area contributed by atoms with Crippen molar-refractivity contribution in [2.75, 3.05) is 6.61 Å². The van der Waals surface area contributed by atoms with E-state index >= 15 is 0 Å². The third-order valence-corrected chi connectivity index (χ3v) is 7.66. The summed E-state index contributed by atoms with van der Waals surface area (Å²) in [6.45, 7) is 7.17. The molecule has 3 aromatic carbocycles. The molecule has 0 aliphatic carbocycles. The van der Waals surface area contributed by atoms with Gasteiger partial charge in [-0.15, -0.1) is 0 Å². The Bertz CT molecular complexity index is 1180. The fourth-order valence-corrected chi connectivity index (χ4v) is 5.05. The van der Waals surface area contributed by atoms with E-state index < -0.39 is 0 Å². The maximum atomic E-state index is 12.7. The molecule has 1 unspecified atom stereocenters. The molecule has 0 saturated heterocycles. The highest BCUT2D eigenvalue weighted by atomic mass is 16.5. The topological polar surface area (TPSA) is 44.8 Å². The van der Waals surface area contributed by atoms with E-state index in [0.717, 1.165) is 42.1 Å². The van der Waals surface area contributed by atoms with Gasteiger partial charge in [0.25, 0.3) is 0 Å². The molecule has 4 nitrogen and oxygen atoms in total. The zero-order chi connectivity index (χ0) is 30.5. The first-order valence-corrected chi connectivity index (χ1v) is 16.5. The van der Waals surface area contributed by atoms with Crippen LogP contribution in [0, 0.1) is 0 Å². The van der Waals surface area contributed by atoms with Gasteiger partial charge in [0.15, 0.2) is 0 Å². The molecule has 1 atom stereocenters. The van der Waals surface area contributed by atoms with Gasteiger partial charge in [-0.2, -0.15) is 0 Å². The first-order valence-electron chi connectivity index (χ1n) is 16.5. The van der Waals surface area contributed by atoms with Gasteiger partial charge in [0, 0.05) is 0 Å². The molecular formula is C39H52O4. The van der Waals surface area contributed by atoms with Crippen LogP contribution in [0.1, 0.15) is 115 Å². The Morgan fingerprint density at radius 3 is 1.88 bits per heavy atom. The molecular weight excluding hydrogens is 532 g/mol. The van der Waals surface area contributed by atoms with Crippen LogP contribution in [0.5, 0.6) is 17.2 Å². The predicted molar refractivity (Wildman–Crippen MR) is 179 cm³/mol. The van der Waals surface area contributed by atoms with Crippen LogP contribution in [0.15, 0.2) is 84.9 Å². The van der Waals surface area contributed by atoms with Gasteiger partial charge < -0.3 is 14.2 Å². The number of hydrogen-bond acceptors (Lipinski definition) is 4. The molecule has 0 saturated carbocycles. The van der Waals surface area contributed by atoms with Crippen molar-refractivity contribution >= 4 is 5.97 Å². The third-order valence-electron chi connectivity index (χ3n) is 7.66. The van der Waals surface area contributed by atoms with Gasteiger partial charge in [-0.25, -0.2) is 4.79 Å². The van der Waals surface area contributed by atoms with Crippen LogP contribution in [0.4, 0.5) is 0 Å². The second-order valence-corrected chi connectivity index (χ2v) is 11.4. The molecule has 43 heavy (non-hydrogen) atoms. The standard InChI is InChI=1S/C39H52O4/c1-4-6-8-10-11-12-13-14-15-17-31-41-36-25-23-34(24-26-36)33-19-21-35(22-20-33)39(40)43-38-29-27-37(28-30-38)42-32(3)18-16-9-7-5-2/h4,6,19-30,32H,5,7-18,31H2,1-3H3/b6-4+. The molecule has 3 rings (SSSR count). The predicted octanol–water partition coefficient (Wildman–Crippen LogP) is 11.4. The zero-order valence-electron chi connectivity index (χ0n) is 26.7. The summed E-state index contributed by atoms with van der Waals surface area (Å²) in [4.78, 5) is 12.7. The number of carbonyl (C=O) groups excluding carboxylic acids is 1. The first-order chi connectivity index (χ1) is 21.1. The summed E-state index contributed by atoms with van der Waals surface area (Å²) in [5, 5.41) is 0. The number of allylic oxidation sites excluding steroid dienone is 2. The third kappa shape index (κ3) is 13.5. The summed E-state index contributed by atoms with van der Waals surface area (Å²) in [5.74, 6) is 1.81. The molecule has 0 aromatic heterocycles. The van der Waals surface area contributed by atoms with Gasteiger partial charge in [-0.05, 0) is 106 Å². The van der Waals surface area contributed by atoms with E-state index in [1.54, 1.807) is 12.1 Å². The highest BCUT2D eigenvalue weighted by Crippen LogP contribution is 2.25. The van der Waals surface area contributed by atoms with Gasteiger partial charge in [-0.3, -0.25) is 0 Å². The van der Waals surface area contributed by atoms with Crippen molar-refractivity contribution in [3.05, 3.63) is 90.5 Å². The average molecular weight is 585 g/mol. The Hall–Kier alpha value is -3.53. The van der Waals surface area contributed by atoms with Crippen molar-refractivity contribution in [2.24, 2.45) is 0 Å². The Balaban J connectivity index is 1.36. The maximum Gasteiger partial charge on any atom is 0.343 e. The molecule has 232 valence electrons. The Morgan fingerprint density at radius 1 is 0.674 bits per heavy atom. The normalized spacial score (nSPS) is 11.9. The summed E-state index contributed by atoms with van der Waals surface area (Å²) in [6, 6.07) is 23.0. The van der Waals surface area contributed by atoms with Crippen molar-refractivity contribution in [1.82, 2.24) is 0 Å². The van der Waals surface area contributed by atoms with Gasteiger partial charge in [0.1, 0.15) is 17.2 Å². The second kappa shape index (κ2) is 20.4. The summed E-state index contributed by atoms with van der Waals surface area (Å²) in [6.07, 6.45) is 20.7. The van der Waals surface area contributed by atoms with E-state index in [1.807, 2.05) is 48.5 Å². The summed E-state index contributed by atoms with van der Waals surface area (Å²) in [5.41, 5.74) is 2.63. The number of carbonyl (C=O) groups is 1. The number of unbranched alkanes of at least 4 members (excludes halogenated alkanes) is 10. The smallest absolute Gasteiger partial charge is 0.343 e. The zero-order valence-corrected chi connectivity index (χ0v) is 26.7. The molecule has 0 aliphatic heterocycles. The molecule has 0 N–H and O–H groups in total. The molecule has 0 spiro atoms. The van der Waals surface area contributed by atoms with Crippen LogP contribution in [-0.2, 0) is 0 Å². The minimum Gasteiger partial charge on any atom is -0.494 e. The summed E-state index contributed by atoms with van der Waals surface area (Å²) >= 11 is 0. The molecule has 3 aromatic rings. The number of hydrogen-bond donors (Lipinski definition) is 0. The SMILES string of the molecule is C/C=C/CCCCCCCCCOc1ccc(-c2ccc(C(=O)Oc3ccc(OC(C)CCCCCC)cc3)cc2)cc1. The lowest BCUT2D eigenvalue weighted by Gasteiger charge is -2.15. The van der Waals surface area contributed by atoms with Crippen molar-refractivity contribution in [3.63, 3.8) is 0 Å². The maximum absolute atomic E-state index is 12.7. The molecule has 4 heteroatoms. The fraction of sp³-hybridized carbons (Fsp3) is 0.462. The van der Waals surface area contributed by atoms with Gasteiger partial charge in [0.05, 0.1) is 18.3 Å². The number of benzene rings is 3. The minimum absolute atomic E-state index is 0.167. The average Bonchev–Trinajstić information content (AvgIpc) is 3.03. The van der Waals surface area contributed by atoms with Crippen molar-refractivity contribution in [3.8, 4) is 28.4 Å². The number of ether oxygens (including phenoxy) is 3. The van der Waals surface area contributed by atoms with Crippen molar-refractivity contribution in [1.29, 1.82) is 0 Å². The van der Waals surface area contributed by atoms with Crippen LogP contribution in [0.25, 0.3) is 11.1 Å². The van der Waals surface area contributed by atoms with Crippen molar-refractivity contribution < 1.29 is 19.0 Å². The van der Waals surface area contributed by atoms with Crippen molar-refractivity contribution in [2.45, 2.75) is 110 Å². The highest BCUT2D eigenvalue weighted by Gasteiger charge is 2.10. The van der Waals surface area contributed by atoms with Crippen LogP contribution < -0.4 is 14.2 Å². The van der Waals surface area contributed by atoms with E-state index in [1.165, 1.54) is 70.6 Å². The molecule has 0 fully saturated rings. The second-order valence-electron chi connectivity index (χ2n) is 11.4. The number of esters is 1. The van der Waals surface area contributed by atoms with E-state index in [-0.39, 0.29) is 12.1 Å². The molecule has 0 amide bonds. The van der Waals surface area contributed by atoms with Gasteiger partial charge in [0.2, 0.25) is 0 Å². The number of rotatable bonds is 21. The summed E-state index contributed by atoms with van der Waals surface area (Å²) in [7, 11) is 0. The van der Waals surface area contributed by atoms with E-state index in [2.05, 4.69) is 45.1 Å². The quantitative estimate of drug-likeness (QED) is 0.0541. The van der Waals surface area contributed by atoms with Gasteiger partial charge >= 0.3 is 5.97 Å². The fourth-order valence-electron chi connectivity index (χ4n) is 5.05. The van der Waals surface area contributed by atoms with Crippen LogP contribution >= 0.6 is 0 Å². The Kier molecular flexibility index (Phi) is 16.1. The minimum atomic E-state index is -0.377. The van der Waals surface area contributed by atoms with Gasteiger partial charge in [-0.1, -0.05) is 94.7 Å². The van der Waals surface area contributed by atoms with E-state index in [9.17, 15) is 4.79 Å². The summed E-state index contributed by atoms with van der Waals surface area (Å²) < 4.78 is 17.5. The molecule has 0 heterocycles. The first kappa shape index (κ1) is 34.0. The lowest BCUT2D eigenvalue weighted by molar-refractivity contribution is 0.0734. The highest BCUT2D eigenvalue weighted by molar-refractivity contribution is 5.91. The molecule has 0 bridgehead atoms.